The van der Waals surface area contributed by atoms with Gasteiger partial charge in [0.25, 0.3) is 0 Å². The lowest BCUT2D eigenvalue weighted by atomic mass is 10.2. The van der Waals surface area contributed by atoms with Gasteiger partial charge < -0.3 is 25.3 Å². The smallest absolute Gasteiger partial charge is 0.188 e. The molecule has 0 saturated carbocycles. The number of hydrogen-bond acceptors (Lipinski definition) is 4. The third-order valence-electron chi connectivity index (χ3n) is 4.03. The van der Waals surface area contributed by atoms with Crippen molar-refractivity contribution >= 4 is 29.9 Å². The Morgan fingerprint density at radius 3 is 2.43 bits per heavy atom. The van der Waals surface area contributed by atoms with Crippen molar-refractivity contribution in [2.45, 2.75) is 20.1 Å². The minimum atomic E-state index is 0. The van der Waals surface area contributed by atoms with Gasteiger partial charge in [0.05, 0.1) is 34.0 Å². The summed E-state index contributed by atoms with van der Waals surface area (Å²) in [4.78, 5) is 4.37. The van der Waals surface area contributed by atoms with E-state index in [4.69, 9.17) is 19.9 Å². The third-order valence-corrected chi connectivity index (χ3v) is 4.03. The fourth-order valence-electron chi connectivity index (χ4n) is 2.50. The summed E-state index contributed by atoms with van der Waals surface area (Å²) < 4.78 is 16.3. The second kappa shape index (κ2) is 13.2. The van der Waals surface area contributed by atoms with Crippen molar-refractivity contribution in [1.29, 1.82) is 0 Å². The lowest BCUT2D eigenvalue weighted by Gasteiger charge is -2.14. The number of guanidine groups is 1. The van der Waals surface area contributed by atoms with Gasteiger partial charge in [0.1, 0.15) is 0 Å². The summed E-state index contributed by atoms with van der Waals surface area (Å²) in [6.07, 6.45) is 0. The lowest BCUT2D eigenvalue weighted by Crippen LogP contribution is -2.35. The number of aliphatic imine (C=N–C) groups is 1. The lowest BCUT2D eigenvalue weighted by molar-refractivity contribution is 0.0931. The molecule has 0 aromatic heterocycles. The molecule has 0 spiro atoms. The van der Waals surface area contributed by atoms with Crippen molar-refractivity contribution < 1.29 is 14.2 Å². The Kier molecular flexibility index (Phi) is 11.4. The molecule has 2 aromatic carbocycles. The topological polar surface area (TPSA) is 78.1 Å². The predicted octanol–water partition coefficient (Wildman–Crippen LogP) is 3.58. The van der Waals surface area contributed by atoms with Crippen LogP contribution in [-0.4, -0.2) is 33.3 Å². The van der Waals surface area contributed by atoms with Gasteiger partial charge in [-0.3, -0.25) is 0 Å². The van der Waals surface area contributed by atoms with Gasteiger partial charge in [-0.15, -0.1) is 24.0 Å². The molecular weight excluding hydrogens is 469 g/mol. The van der Waals surface area contributed by atoms with E-state index >= 15 is 0 Å². The van der Waals surface area contributed by atoms with E-state index in [0.717, 1.165) is 5.56 Å². The van der Waals surface area contributed by atoms with Crippen molar-refractivity contribution in [3.8, 4) is 11.5 Å². The Bertz CT molecular complexity index is 726. The van der Waals surface area contributed by atoms with Crippen LogP contribution in [0, 0.1) is 5.92 Å². The van der Waals surface area contributed by atoms with E-state index in [0.29, 0.717) is 49.7 Å². The molecule has 7 heteroatoms. The maximum atomic E-state index is 5.96. The van der Waals surface area contributed by atoms with E-state index in [1.807, 2.05) is 36.4 Å². The van der Waals surface area contributed by atoms with Crippen LogP contribution >= 0.6 is 24.0 Å². The molecule has 0 heterocycles. The van der Waals surface area contributed by atoms with Crippen molar-refractivity contribution in [3.05, 3.63) is 59.7 Å². The highest BCUT2D eigenvalue weighted by Crippen LogP contribution is 2.27. The van der Waals surface area contributed by atoms with Gasteiger partial charge in [-0.05, 0) is 29.2 Å². The molecule has 0 fully saturated rings. The van der Waals surface area contributed by atoms with Crippen molar-refractivity contribution in [2.24, 2.45) is 16.6 Å². The molecule has 2 rings (SSSR count). The molecule has 0 aliphatic carbocycles. The zero-order valence-electron chi connectivity index (χ0n) is 16.7. The highest BCUT2D eigenvalue weighted by Gasteiger charge is 2.05. The Balaban J connectivity index is 0.00000392. The standard InChI is InChI=1S/C21H29N3O3.HI/c1-16(14-27-15-17-7-5-4-6-8-17)12-23-21(22)24-13-18-9-10-19(25-2)20(11-18)26-3;/h4-11,16H,12-15H2,1-3H3,(H3,22,23,24);1H. The Morgan fingerprint density at radius 2 is 1.75 bits per heavy atom. The first-order valence-electron chi connectivity index (χ1n) is 8.98. The summed E-state index contributed by atoms with van der Waals surface area (Å²) in [5.41, 5.74) is 8.13. The third kappa shape index (κ3) is 8.35. The SMILES string of the molecule is COc1ccc(CN=C(N)NCC(C)COCc2ccccc2)cc1OC.I. The normalized spacial score (nSPS) is 12.0. The fraction of sp³-hybridized carbons (Fsp3) is 0.381. The first-order valence-corrected chi connectivity index (χ1v) is 8.98. The van der Waals surface area contributed by atoms with E-state index in [1.165, 1.54) is 5.56 Å². The van der Waals surface area contributed by atoms with Crippen LogP contribution in [0.3, 0.4) is 0 Å². The van der Waals surface area contributed by atoms with Crippen LogP contribution in [0.2, 0.25) is 0 Å². The van der Waals surface area contributed by atoms with Crippen LogP contribution in [0.1, 0.15) is 18.1 Å². The van der Waals surface area contributed by atoms with Gasteiger partial charge in [0, 0.05) is 6.54 Å². The van der Waals surface area contributed by atoms with Crippen molar-refractivity contribution in [2.75, 3.05) is 27.4 Å². The van der Waals surface area contributed by atoms with Crippen LogP contribution in [-0.2, 0) is 17.9 Å². The summed E-state index contributed by atoms with van der Waals surface area (Å²) in [5, 5.41) is 3.14. The average molecular weight is 499 g/mol. The second-order valence-electron chi connectivity index (χ2n) is 6.38. The Hall–Kier alpha value is -2.00. The summed E-state index contributed by atoms with van der Waals surface area (Å²) in [7, 11) is 3.23. The quantitative estimate of drug-likeness (QED) is 0.297. The summed E-state index contributed by atoms with van der Waals surface area (Å²) in [6, 6.07) is 15.8. The highest BCUT2D eigenvalue weighted by molar-refractivity contribution is 14.0. The van der Waals surface area contributed by atoms with Gasteiger partial charge in [-0.2, -0.15) is 0 Å². The number of nitrogens with two attached hydrogens (primary N) is 1. The number of nitrogens with one attached hydrogen (secondary N) is 1. The van der Waals surface area contributed by atoms with Crippen molar-refractivity contribution in [3.63, 3.8) is 0 Å². The van der Waals surface area contributed by atoms with Crippen LogP contribution < -0.4 is 20.5 Å². The fourth-order valence-corrected chi connectivity index (χ4v) is 2.50. The first kappa shape index (κ1) is 24.0. The number of rotatable bonds is 10. The number of nitrogens with zero attached hydrogens (tertiary/aromatic N) is 1. The molecule has 1 unspecified atom stereocenters. The van der Waals surface area contributed by atoms with Crippen LogP contribution in [0.25, 0.3) is 0 Å². The maximum Gasteiger partial charge on any atom is 0.188 e. The molecule has 0 aliphatic rings. The molecule has 28 heavy (non-hydrogen) atoms. The average Bonchev–Trinajstić information content (AvgIpc) is 2.71. The van der Waals surface area contributed by atoms with Crippen LogP contribution in [0.15, 0.2) is 53.5 Å². The molecule has 154 valence electrons. The molecule has 0 radical (unpaired) electrons. The minimum absolute atomic E-state index is 0. The van der Waals surface area contributed by atoms with Crippen LogP contribution in [0.4, 0.5) is 0 Å². The van der Waals surface area contributed by atoms with Gasteiger partial charge >= 0.3 is 0 Å². The Morgan fingerprint density at radius 1 is 1.04 bits per heavy atom. The number of benzene rings is 2. The zero-order chi connectivity index (χ0) is 19.5. The number of hydrogen-bond donors (Lipinski definition) is 2. The van der Waals surface area contributed by atoms with Gasteiger partial charge in [-0.25, -0.2) is 4.99 Å². The van der Waals surface area contributed by atoms with Gasteiger partial charge in [-0.1, -0.05) is 43.3 Å². The van der Waals surface area contributed by atoms with Crippen LogP contribution in [0.5, 0.6) is 11.5 Å². The maximum absolute atomic E-state index is 5.96. The van der Waals surface area contributed by atoms with Gasteiger partial charge in [0.15, 0.2) is 17.5 Å². The van der Waals surface area contributed by atoms with Crippen molar-refractivity contribution in [1.82, 2.24) is 5.32 Å². The molecule has 6 nitrogen and oxygen atoms in total. The molecule has 1 atom stereocenters. The number of methoxy groups -OCH3 is 2. The molecule has 0 saturated heterocycles. The summed E-state index contributed by atoms with van der Waals surface area (Å²) in [5.74, 6) is 2.12. The number of halogens is 1. The van der Waals surface area contributed by atoms with E-state index in [2.05, 4.69) is 29.4 Å². The molecule has 0 amide bonds. The van der Waals surface area contributed by atoms with E-state index in [-0.39, 0.29) is 24.0 Å². The molecule has 0 bridgehead atoms. The van der Waals surface area contributed by atoms with E-state index < -0.39 is 0 Å². The van der Waals surface area contributed by atoms with E-state index in [1.54, 1.807) is 14.2 Å². The second-order valence-corrected chi connectivity index (χ2v) is 6.38. The molecular formula is C21H30IN3O3. The molecule has 0 aliphatic heterocycles. The highest BCUT2D eigenvalue weighted by atomic mass is 127. The summed E-state index contributed by atoms with van der Waals surface area (Å²) >= 11 is 0. The number of ether oxygens (including phenoxy) is 3. The largest absolute Gasteiger partial charge is 0.493 e. The monoisotopic (exact) mass is 499 g/mol. The van der Waals surface area contributed by atoms with Gasteiger partial charge in [0.2, 0.25) is 0 Å². The summed E-state index contributed by atoms with van der Waals surface area (Å²) in [6.45, 7) is 4.56. The zero-order valence-corrected chi connectivity index (χ0v) is 19.0. The first-order chi connectivity index (χ1) is 13.1. The predicted molar refractivity (Wildman–Crippen MR) is 124 cm³/mol. The van der Waals surface area contributed by atoms with E-state index in [9.17, 15) is 0 Å². The molecule has 3 N–H and O–H groups in total. The Labute approximate surface area is 184 Å². The minimum Gasteiger partial charge on any atom is -0.493 e. The molecule has 2 aromatic rings.